The fourth-order valence-electron chi connectivity index (χ4n) is 3.16. The molecule has 0 aromatic carbocycles. The fourth-order valence-corrected chi connectivity index (χ4v) is 3.16. The van der Waals surface area contributed by atoms with Gasteiger partial charge in [-0.3, -0.25) is 24.7 Å². The number of carboxylic acids is 1. The zero-order valence-electron chi connectivity index (χ0n) is 19.7. The van der Waals surface area contributed by atoms with Crippen LogP contribution < -0.4 is 33.0 Å². The molecule has 0 fully saturated rings. The maximum Gasteiger partial charge on any atom is 0.323 e. The van der Waals surface area contributed by atoms with Crippen LogP contribution >= 0.6 is 0 Å². The molecule has 0 aliphatic heterocycles. The third kappa shape index (κ3) is 7.20. The molecule has 0 saturated carbocycles. The van der Waals surface area contributed by atoms with Gasteiger partial charge in [-0.1, -0.05) is 0 Å². The molecule has 18 heteroatoms. The predicted molar refractivity (Wildman–Crippen MR) is 130 cm³/mol. The summed E-state index contributed by atoms with van der Waals surface area (Å²) in [5, 5.41) is 36.5. The largest absolute Gasteiger partial charge is 0.481 e. The number of rotatable bonds is 11. The van der Waals surface area contributed by atoms with Gasteiger partial charge in [0.25, 0.3) is 11.5 Å². The molecular formula is C20H23N13O5. The van der Waals surface area contributed by atoms with E-state index in [4.69, 9.17) is 16.7 Å². The maximum absolute atomic E-state index is 12.5. The number of urea groups is 1. The Balaban J connectivity index is 1.52. The van der Waals surface area contributed by atoms with Crippen LogP contribution in [0.4, 0.5) is 27.9 Å². The molecule has 0 saturated heterocycles. The zero-order chi connectivity index (χ0) is 27.7. The molecule has 0 radical (unpaired) electrons. The van der Waals surface area contributed by atoms with Crippen molar-refractivity contribution in [2.24, 2.45) is 5.92 Å². The Bertz CT molecular complexity index is 1410. The first-order valence-electron chi connectivity index (χ1n) is 11.0. The van der Waals surface area contributed by atoms with Crippen LogP contribution in [0.1, 0.15) is 29.2 Å². The van der Waals surface area contributed by atoms with Crippen LogP contribution in [0, 0.1) is 17.2 Å². The molecule has 3 heterocycles. The van der Waals surface area contributed by atoms with Gasteiger partial charge >= 0.3 is 12.0 Å². The van der Waals surface area contributed by atoms with Gasteiger partial charge in [0.2, 0.25) is 5.95 Å². The van der Waals surface area contributed by atoms with E-state index >= 15 is 0 Å². The lowest BCUT2D eigenvalue weighted by molar-refractivity contribution is -0.141. The minimum Gasteiger partial charge on any atom is -0.481 e. The average Bonchev–Trinajstić information content (AvgIpc) is 3.32. The molecule has 3 aromatic rings. The van der Waals surface area contributed by atoms with E-state index < -0.39 is 29.4 Å². The number of H-pyrrole nitrogens is 1. The molecule has 3 rings (SSSR count). The summed E-state index contributed by atoms with van der Waals surface area (Å²) < 4.78 is 1.43. The SMILES string of the molecule is N#CCCn1nnnc1CCC(CNC(=O)c1ccc(NC(=O)Nc2c(N)nc(N)[nH]c2=O)cn1)C(=O)O. The average molecular weight is 525 g/mol. The quantitative estimate of drug-likeness (QED) is 0.157. The number of aromatic amines is 1. The van der Waals surface area contributed by atoms with Gasteiger partial charge in [0, 0.05) is 13.0 Å². The monoisotopic (exact) mass is 525 g/mol. The highest BCUT2D eigenvalue weighted by atomic mass is 16.4. The number of hydrogen-bond donors (Lipinski definition) is 7. The van der Waals surface area contributed by atoms with E-state index in [9.17, 15) is 24.3 Å². The number of aliphatic carboxylic acids is 1. The zero-order valence-corrected chi connectivity index (χ0v) is 19.7. The lowest BCUT2D eigenvalue weighted by Gasteiger charge is -2.13. The Morgan fingerprint density at radius 2 is 2.03 bits per heavy atom. The lowest BCUT2D eigenvalue weighted by atomic mass is 10.0. The second kappa shape index (κ2) is 12.4. The van der Waals surface area contributed by atoms with Crippen molar-refractivity contribution in [1.82, 2.24) is 40.5 Å². The van der Waals surface area contributed by atoms with Crippen molar-refractivity contribution in [3.8, 4) is 6.07 Å². The molecule has 0 aliphatic carbocycles. The Morgan fingerprint density at radius 3 is 2.68 bits per heavy atom. The molecule has 9 N–H and O–H groups in total. The van der Waals surface area contributed by atoms with Gasteiger partial charge in [-0.25, -0.2) is 14.5 Å². The van der Waals surface area contributed by atoms with Crippen LogP contribution in [0.25, 0.3) is 0 Å². The summed E-state index contributed by atoms with van der Waals surface area (Å²) in [6.45, 7) is 0.111. The summed E-state index contributed by atoms with van der Waals surface area (Å²) in [4.78, 5) is 57.9. The van der Waals surface area contributed by atoms with Crippen LogP contribution in [-0.2, 0) is 17.8 Å². The van der Waals surface area contributed by atoms with Gasteiger partial charge in [-0.15, -0.1) is 5.10 Å². The van der Waals surface area contributed by atoms with Crippen molar-refractivity contribution in [2.45, 2.75) is 25.8 Å². The van der Waals surface area contributed by atoms with Crippen molar-refractivity contribution >= 4 is 41.0 Å². The van der Waals surface area contributed by atoms with Crippen LogP contribution in [0.3, 0.4) is 0 Å². The summed E-state index contributed by atoms with van der Waals surface area (Å²) in [7, 11) is 0. The van der Waals surface area contributed by atoms with Crippen LogP contribution in [0.5, 0.6) is 0 Å². The number of amides is 3. The number of nitriles is 1. The van der Waals surface area contributed by atoms with Crippen molar-refractivity contribution in [3.05, 3.63) is 40.2 Å². The number of tetrazole rings is 1. The molecular weight excluding hydrogens is 502 g/mol. The molecule has 18 nitrogen and oxygen atoms in total. The highest BCUT2D eigenvalue weighted by Gasteiger charge is 2.21. The summed E-state index contributed by atoms with van der Waals surface area (Å²) >= 11 is 0. The van der Waals surface area contributed by atoms with Gasteiger partial charge in [0.15, 0.2) is 17.3 Å². The number of nitrogen functional groups attached to an aromatic ring is 2. The summed E-state index contributed by atoms with van der Waals surface area (Å²) in [6.07, 6.45) is 1.77. The minimum absolute atomic E-state index is 0.0241. The van der Waals surface area contributed by atoms with E-state index in [2.05, 4.69) is 46.4 Å². The Morgan fingerprint density at radius 1 is 1.24 bits per heavy atom. The van der Waals surface area contributed by atoms with Gasteiger partial charge in [-0.2, -0.15) is 10.2 Å². The number of nitrogens with two attached hydrogens (primary N) is 2. The van der Waals surface area contributed by atoms with Gasteiger partial charge in [0.1, 0.15) is 5.69 Å². The number of carboxylic acid groups (broad SMARTS) is 1. The summed E-state index contributed by atoms with van der Waals surface area (Å²) in [5.74, 6) is -2.72. The number of nitrogens with one attached hydrogen (secondary N) is 4. The van der Waals surface area contributed by atoms with Crippen molar-refractivity contribution in [2.75, 3.05) is 28.6 Å². The Hall–Kier alpha value is -5.60. The fraction of sp³-hybridized carbons (Fsp3) is 0.300. The smallest absolute Gasteiger partial charge is 0.323 e. The molecule has 1 atom stereocenters. The van der Waals surface area contributed by atoms with Gasteiger partial charge < -0.3 is 27.2 Å². The number of carbonyl (C=O) groups excluding carboxylic acids is 2. The summed E-state index contributed by atoms with van der Waals surface area (Å²) in [6, 6.07) is 3.85. The molecule has 3 aromatic heterocycles. The predicted octanol–water partition coefficient (Wildman–Crippen LogP) is -1.06. The van der Waals surface area contributed by atoms with E-state index in [0.29, 0.717) is 5.82 Å². The third-order valence-electron chi connectivity index (χ3n) is 5.07. The first-order valence-corrected chi connectivity index (χ1v) is 11.0. The normalized spacial score (nSPS) is 11.2. The number of aromatic nitrogens is 7. The van der Waals surface area contributed by atoms with E-state index in [-0.39, 0.29) is 61.2 Å². The molecule has 0 spiro atoms. The highest BCUT2D eigenvalue weighted by molar-refractivity contribution is 6.01. The minimum atomic E-state index is -1.12. The van der Waals surface area contributed by atoms with Crippen LogP contribution in [0.2, 0.25) is 0 Å². The van der Waals surface area contributed by atoms with E-state index in [0.717, 1.165) is 0 Å². The van der Waals surface area contributed by atoms with Crippen molar-refractivity contribution in [3.63, 3.8) is 0 Å². The van der Waals surface area contributed by atoms with E-state index in [1.807, 2.05) is 6.07 Å². The molecule has 0 aliphatic rings. The second-order valence-electron chi connectivity index (χ2n) is 7.73. The van der Waals surface area contributed by atoms with Gasteiger partial charge in [-0.05, 0) is 29.0 Å². The molecule has 0 bridgehead atoms. The molecule has 198 valence electrons. The number of carbonyl (C=O) groups is 3. The topological polar surface area (TPSA) is 286 Å². The second-order valence-corrected chi connectivity index (χ2v) is 7.73. The number of aryl methyl sites for hydroxylation is 2. The first-order chi connectivity index (χ1) is 18.2. The lowest BCUT2D eigenvalue weighted by Crippen LogP contribution is -2.33. The first kappa shape index (κ1) is 27.0. The Kier molecular flexibility index (Phi) is 8.80. The molecule has 38 heavy (non-hydrogen) atoms. The van der Waals surface area contributed by atoms with E-state index in [1.165, 1.54) is 23.0 Å². The van der Waals surface area contributed by atoms with E-state index in [1.54, 1.807) is 0 Å². The number of pyridine rings is 1. The maximum atomic E-state index is 12.5. The number of hydrogen-bond acceptors (Lipinski definition) is 12. The van der Waals surface area contributed by atoms with Crippen LogP contribution in [0.15, 0.2) is 23.1 Å². The number of nitrogens with zero attached hydrogens (tertiary/aromatic N) is 7. The summed E-state index contributed by atoms with van der Waals surface area (Å²) in [5.41, 5.74) is 10.1. The number of anilines is 4. The van der Waals surface area contributed by atoms with Gasteiger partial charge in [0.05, 0.1) is 36.8 Å². The van der Waals surface area contributed by atoms with Crippen LogP contribution in [-0.4, -0.2) is 64.7 Å². The molecule has 1 unspecified atom stereocenters. The van der Waals surface area contributed by atoms with Crippen molar-refractivity contribution < 1.29 is 19.5 Å². The Labute approximate surface area is 213 Å². The molecule has 3 amide bonds. The van der Waals surface area contributed by atoms with Crippen molar-refractivity contribution in [1.29, 1.82) is 5.26 Å². The third-order valence-corrected chi connectivity index (χ3v) is 5.07. The standard InChI is InChI=1S/C20H23N13O5/c21-6-1-7-33-13(30-31-32-33)5-2-10(18(36)37)8-25-16(34)12-4-3-11(9-24-12)26-20(38)27-14-15(22)28-19(23)29-17(14)35/h3-4,9-10H,1-2,5,7-8H2,(H,25,34)(H,36,37)(H2,26,27,38)(H5,22,23,28,29,35). The highest BCUT2D eigenvalue weighted by Crippen LogP contribution is 2.12.